The van der Waals surface area contributed by atoms with Crippen molar-refractivity contribution in [1.82, 2.24) is 14.5 Å². The zero-order chi connectivity index (χ0) is 13.7. The number of nitrogens with two attached hydrogens (primary N) is 1. The molecule has 20 heavy (non-hydrogen) atoms. The second-order valence-electron chi connectivity index (χ2n) is 5.00. The molecule has 1 saturated carbocycles. The Labute approximate surface area is 125 Å². The van der Waals surface area contributed by atoms with Crippen LogP contribution >= 0.6 is 22.9 Å². The summed E-state index contributed by atoms with van der Waals surface area (Å²) in [6.07, 6.45) is 2.41. The molecule has 0 bridgehead atoms. The number of halogens is 1. The van der Waals surface area contributed by atoms with E-state index in [0.29, 0.717) is 17.6 Å². The van der Waals surface area contributed by atoms with Crippen LogP contribution in [-0.2, 0) is 6.54 Å². The van der Waals surface area contributed by atoms with Crippen LogP contribution in [0.4, 0.5) is 0 Å². The van der Waals surface area contributed by atoms with E-state index in [0.717, 1.165) is 27.6 Å². The number of aromatic nitrogens is 3. The first-order chi connectivity index (χ1) is 9.76. The Balaban J connectivity index is 1.95. The Morgan fingerprint density at radius 2 is 2.20 bits per heavy atom. The van der Waals surface area contributed by atoms with Crippen molar-refractivity contribution in [2.45, 2.75) is 25.4 Å². The second-order valence-corrected chi connectivity index (χ2v) is 6.38. The molecule has 1 fully saturated rings. The van der Waals surface area contributed by atoms with E-state index in [9.17, 15) is 0 Å². The number of thiazole rings is 1. The molecule has 0 saturated heterocycles. The molecule has 0 amide bonds. The van der Waals surface area contributed by atoms with Crippen molar-refractivity contribution in [3.05, 3.63) is 33.6 Å². The Hall–Kier alpha value is -1.43. The third kappa shape index (κ3) is 1.93. The standard InChI is InChI=1S/C14H13ClN4S/c15-8-1-4-12-10(5-8)18-14(19(12)9-2-3-9)11-7-20-13(6-16)17-11/h1,4-5,7,9H,2-3,6,16H2. The highest BCUT2D eigenvalue weighted by atomic mass is 35.5. The molecule has 2 heterocycles. The van der Waals surface area contributed by atoms with Crippen molar-refractivity contribution in [3.8, 4) is 11.5 Å². The minimum atomic E-state index is 0.472. The van der Waals surface area contributed by atoms with Gasteiger partial charge in [0, 0.05) is 23.0 Å². The number of hydrogen-bond acceptors (Lipinski definition) is 4. The van der Waals surface area contributed by atoms with E-state index < -0.39 is 0 Å². The molecule has 2 N–H and O–H groups in total. The van der Waals surface area contributed by atoms with E-state index in [-0.39, 0.29) is 0 Å². The smallest absolute Gasteiger partial charge is 0.160 e. The molecule has 102 valence electrons. The van der Waals surface area contributed by atoms with Gasteiger partial charge in [0.2, 0.25) is 0 Å². The van der Waals surface area contributed by atoms with Crippen molar-refractivity contribution in [2.75, 3.05) is 0 Å². The van der Waals surface area contributed by atoms with E-state index >= 15 is 0 Å². The third-order valence-corrected chi connectivity index (χ3v) is 4.63. The molecule has 0 radical (unpaired) electrons. The van der Waals surface area contributed by atoms with Crippen molar-refractivity contribution in [3.63, 3.8) is 0 Å². The fourth-order valence-corrected chi connectivity index (χ4v) is 3.28. The van der Waals surface area contributed by atoms with Crippen molar-refractivity contribution >= 4 is 34.0 Å². The Morgan fingerprint density at radius 1 is 1.35 bits per heavy atom. The van der Waals surface area contributed by atoms with Crippen LogP contribution in [0.1, 0.15) is 23.9 Å². The number of nitrogens with zero attached hydrogens (tertiary/aromatic N) is 3. The van der Waals surface area contributed by atoms with Crippen molar-refractivity contribution in [1.29, 1.82) is 0 Å². The summed E-state index contributed by atoms with van der Waals surface area (Å²) in [6.45, 7) is 0.472. The lowest BCUT2D eigenvalue weighted by molar-refractivity contribution is 0.772. The van der Waals surface area contributed by atoms with Crippen LogP contribution in [0.25, 0.3) is 22.6 Å². The molecular formula is C14H13ClN4S. The number of imidazole rings is 1. The maximum atomic E-state index is 6.07. The molecule has 0 aliphatic heterocycles. The highest BCUT2D eigenvalue weighted by Gasteiger charge is 2.29. The summed E-state index contributed by atoms with van der Waals surface area (Å²) < 4.78 is 2.29. The molecule has 0 atom stereocenters. The lowest BCUT2D eigenvalue weighted by atomic mass is 10.3. The zero-order valence-electron chi connectivity index (χ0n) is 10.7. The summed E-state index contributed by atoms with van der Waals surface area (Å²) >= 11 is 7.65. The highest BCUT2D eigenvalue weighted by Crippen LogP contribution is 2.41. The van der Waals surface area contributed by atoms with Gasteiger partial charge in [0.05, 0.1) is 11.0 Å². The first-order valence-corrected chi connectivity index (χ1v) is 7.84. The van der Waals surface area contributed by atoms with E-state index in [1.54, 1.807) is 11.3 Å². The molecule has 0 unspecified atom stereocenters. The van der Waals surface area contributed by atoms with Crippen LogP contribution in [0.5, 0.6) is 0 Å². The molecule has 4 rings (SSSR count). The van der Waals surface area contributed by atoms with Gasteiger partial charge in [0.1, 0.15) is 10.7 Å². The van der Waals surface area contributed by atoms with Gasteiger partial charge in [-0.25, -0.2) is 9.97 Å². The SMILES string of the molecule is NCc1nc(-c2nc3cc(Cl)ccc3n2C2CC2)cs1. The maximum Gasteiger partial charge on any atom is 0.160 e. The predicted molar refractivity (Wildman–Crippen MR) is 82.0 cm³/mol. The molecule has 6 heteroatoms. The molecule has 0 spiro atoms. The van der Waals surface area contributed by atoms with Gasteiger partial charge in [-0.2, -0.15) is 0 Å². The van der Waals surface area contributed by atoms with E-state index in [4.69, 9.17) is 22.3 Å². The quantitative estimate of drug-likeness (QED) is 0.804. The number of rotatable bonds is 3. The van der Waals surface area contributed by atoms with Crippen LogP contribution < -0.4 is 5.73 Å². The highest BCUT2D eigenvalue weighted by molar-refractivity contribution is 7.09. The van der Waals surface area contributed by atoms with E-state index in [2.05, 4.69) is 9.55 Å². The van der Waals surface area contributed by atoms with Crippen LogP contribution in [0.3, 0.4) is 0 Å². The number of benzene rings is 1. The van der Waals surface area contributed by atoms with E-state index in [1.807, 2.05) is 23.6 Å². The summed E-state index contributed by atoms with van der Waals surface area (Å²) in [7, 11) is 0. The predicted octanol–water partition coefficient (Wildman–Crippen LogP) is 3.61. The summed E-state index contributed by atoms with van der Waals surface area (Å²) in [5, 5.41) is 3.68. The molecule has 1 aromatic carbocycles. The van der Waals surface area contributed by atoms with Gasteiger partial charge in [-0.05, 0) is 31.0 Å². The summed E-state index contributed by atoms with van der Waals surface area (Å²) in [5.41, 5.74) is 8.63. The van der Waals surface area contributed by atoms with Gasteiger partial charge < -0.3 is 10.3 Å². The Kier molecular flexibility index (Phi) is 2.80. The first kappa shape index (κ1) is 12.3. The maximum absolute atomic E-state index is 6.07. The minimum absolute atomic E-state index is 0.472. The Bertz CT molecular complexity index is 788. The molecule has 2 aromatic heterocycles. The lowest BCUT2D eigenvalue weighted by Crippen LogP contribution is -1.99. The summed E-state index contributed by atoms with van der Waals surface area (Å²) in [6, 6.07) is 6.41. The van der Waals surface area contributed by atoms with Crippen molar-refractivity contribution < 1.29 is 0 Å². The van der Waals surface area contributed by atoms with Crippen LogP contribution in [-0.4, -0.2) is 14.5 Å². The van der Waals surface area contributed by atoms with Gasteiger partial charge >= 0.3 is 0 Å². The average molecular weight is 305 g/mol. The van der Waals surface area contributed by atoms with Crippen LogP contribution in [0.15, 0.2) is 23.6 Å². The topological polar surface area (TPSA) is 56.7 Å². The molecule has 4 nitrogen and oxygen atoms in total. The number of hydrogen-bond donors (Lipinski definition) is 1. The van der Waals surface area contributed by atoms with Crippen LogP contribution in [0.2, 0.25) is 5.02 Å². The third-order valence-electron chi connectivity index (χ3n) is 3.52. The van der Waals surface area contributed by atoms with Crippen molar-refractivity contribution in [2.24, 2.45) is 5.73 Å². The summed E-state index contributed by atoms with van der Waals surface area (Å²) in [5.74, 6) is 0.931. The lowest BCUT2D eigenvalue weighted by Gasteiger charge is -2.05. The largest absolute Gasteiger partial charge is 0.325 e. The second kappa shape index (κ2) is 4.55. The first-order valence-electron chi connectivity index (χ1n) is 6.58. The van der Waals surface area contributed by atoms with Gasteiger partial charge in [-0.3, -0.25) is 0 Å². The average Bonchev–Trinajstić information content (AvgIpc) is 3.04. The van der Waals surface area contributed by atoms with Gasteiger partial charge in [0.15, 0.2) is 5.82 Å². The molecular weight excluding hydrogens is 292 g/mol. The molecule has 1 aliphatic carbocycles. The van der Waals surface area contributed by atoms with Gasteiger partial charge in [-0.1, -0.05) is 11.6 Å². The minimum Gasteiger partial charge on any atom is -0.325 e. The fourth-order valence-electron chi connectivity index (χ4n) is 2.46. The number of fused-ring (bicyclic) bond motifs is 1. The fraction of sp³-hybridized carbons (Fsp3) is 0.286. The molecule has 3 aromatic rings. The normalized spacial score (nSPS) is 15.1. The monoisotopic (exact) mass is 304 g/mol. The zero-order valence-corrected chi connectivity index (χ0v) is 12.3. The van der Waals surface area contributed by atoms with Gasteiger partial charge in [-0.15, -0.1) is 11.3 Å². The Morgan fingerprint density at radius 3 is 2.90 bits per heavy atom. The van der Waals surface area contributed by atoms with Gasteiger partial charge in [0.25, 0.3) is 0 Å². The summed E-state index contributed by atoms with van der Waals surface area (Å²) in [4.78, 5) is 9.30. The van der Waals surface area contributed by atoms with Crippen LogP contribution in [0, 0.1) is 0 Å². The molecule has 1 aliphatic rings. The van der Waals surface area contributed by atoms with E-state index in [1.165, 1.54) is 12.8 Å².